The molecule has 108 valence electrons. The van der Waals surface area contributed by atoms with Crippen LogP contribution in [0.2, 0.25) is 0 Å². The monoisotopic (exact) mass is 301 g/mol. The molecular formula is C15H15N3O2S. The van der Waals surface area contributed by atoms with Gasteiger partial charge >= 0.3 is 5.97 Å². The van der Waals surface area contributed by atoms with Crippen LogP contribution in [0.1, 0.15) is 28.8 Å². The molecule has 0 atom stereocenters. The van der Waals surface area contributed by atoms with E-state index in [0.717, 1.165) is 36.4 Å². The zero-order valence-electron chi connectivity index (χ0n) is 11.6. The van der Waals surface area contributed by atoms with Crippen LogP contribution < -0.4 is 0 Å². The molecule has 0 aliphatic carbocycles. The third-order valence-corrected chi connectivity index (χ3v) is 4.11. The highest BCUT2D eigenvalue weighted by atomic mass is 32.1. The third-order valence-electron chi connectivity index (χ3n) is 3.48. The summed E-state index contributed by atoms with van der Waals surface area (Å²) in [6.07, 6.45) is 1.59. The molecule has 2 heterocycles. The van der Waals surface area contributed by atoms with E-state index in [2.05, 4.69) is 14.5 Å². The number of carboxylic acid groups (broad SMARTS) is 1. The number of imidazole rings is 1. The van der Waals surface area contributed by atoms with Crippen LogP contribution in [0.15, 0.2) is 29.1 Å². The Hall–Kier alpha value is -2.21. The number of aryl methyl sites for hydroxylation is 3. The highest BCUT2D eigenvalue weighted by Gasteiger charge is 2.16. The minimum absolute atomic E-state index is 0.259. The zero-order valence-corrected chi connectivity index (χ0v) is 12.4. The number of para-hydroxylation sites is 1. The maximum atomic E-state index is 11.3. The Morgan fingerprint density at radius 2 is 2.29 bits per heavy atom. The molecule has 0 amide bonds. The molecule has 0 aliphatic rings. The fraction of sp³-hybridized carbons (Fsp3) is 0.267. The van der Waals surface area contributed by atoms with Crippen LogP contribution in [-0.2, 0) is 19.4 Å². The molecule has 0 aliphatic heterocycles. The molecule has 0 fully saturated rings. The Bertz CT molecular complexity index is 778. The van der Waals surface area contributed by atoms with Crippen LogP contribution in [0.4, 0.5) is 0 Å². The first-order chi connectivity index (χ1) is 10.2. The van der Waals surface area contributed by atoms with Gasteiger partial charge < -0.3 is 9.67 Å². The Morgan fingerprint density at radius 3 is 2.95 bits per heavy atom. The van der Waals surface area contributed by atoms with Gasteiger partial charge in [0.25, 0.3) is 0 Å². The number of aromatic carboxylic acids is 1. The summed E-state index contributed by atoms with van der Waals surface area (Å²) in [5.41, 5.74) is 4.58. The highest BCUT2D eigenvalue weighted by molar-refractivity contribution is 7.07. The van der Waals surface area contributed by atoms with Gasteiger partial charge in [-0.15, -0.1) is 11.3 Å². The predicted molar refractivity (Wildman–Crippen MR) is 81.9 cm³/mol. The second-order valence-corrected chi connectivity index (χ2v) is 5.46. The van der Waals surface area contributed by atoms with Crippen LogP contribution in [0.5, 0.6) is 0 Å². The largest absolute Gasteiger partial charge is 0.478 e. The van der Waals surface area contributed by atoms with Crippen molar-refractivity contribution in [3.8, 4) is 0 Å². The molecule has 0 radical (unpaired) electrons. The first-order valence-corrected chi connectivity index (χ1v) is 7.73. The lowest BCUT2D eigenvalue weighted by Crippen LogP contribution is -2.05. The summed E-state index contributed by atoms with van der Waals surface area (Å²) in [7, 11) is 0. The summed E-state index contributed by atoms with van der Waals surface area (Å²) in [6, 6.07) is 5.29. The zero-order chi connectivity index (χ0) is 14.8. The molecule has 1 N–H and O–H groups in total. The number of benzene rings is 1. The van der Waals surface area contributed by atoms with Crippen molar-refractivity contribution in [1.82, 2.24) is 14.5 Å². The molecular weight excluding hydrogens is 286 g/mol. The Morgan fingerprint density at radius 1 is 1.43 bits per heavy atom. The summed E-state index contributed by atoms with van der Waals surface area (Å²) in [5, 5.41) is 11.3. The van der Waals surface area contributed by atoms with Crippen LogP contribution in [0.25, 0.3) is 11.0 Å². The number of hydrogen-bond acceptors (Lipinski definition) is 4. The van der Waals surface area contributed by atoms with Crippen LogP contribution in [0, 0.1) is 0 Å². The first-order valence-electron chi connectivity index (χ1n) is 6.79. The van der Waals surface area contributed by atoms with Crippen LogP contribution >= 0.6 is 11.3 Å². The lowest BCUT2D eigenvalue weighted by Gasteiger charge is -2.07. The van der Waals surface area contributed by atoms with Gasteiger partial charge in [0.15, 0.2) is 0 Å². The van der Waals surface area contributed by atoms with Crippen LogP contribution in [0.3, 0.4) is 0 Å². The molecule has 2 aromatic heterocycles. The molecule has 0 unspecified atom stereocenters. The van der Waals surface area contributed by atoms with E-state index in [9.17, 15) is 9.90 Å². The number of rotatable bonds is 5. The van der Waals surface area contributed by atoms with Gasteiger partial charge in [-0.1, -0.05) is 13.0 Å². The summed E-state index contributed by atoms with van der Waals surface area (Å²) in [4.78, 5) is 20.1. The van der Waals surface area contributed by atoms with E-state index >= 15 is 0 Å². The number of hydrogen-bond donors (Lipinski definition) is 1. The van der Waals surface area contributed by atoms with Gasteiger partial charge in [-0.2, -0.15) is 0 Å². The topological polar surface area (TPSA) is 68.0 Å². The molecule has 0 saturated heterocycles. The molecule has 0 saturated carbocycles. The fourth-order valence-electron chi connectivity index (χ4n) is 2.47. The van der Waals surface area contributed by atoms with Gasteiger partial charge in [-0.3, -0.25) is 0 Å². The van der Waals surface area contributed by atoms with Gasteiger partial charge in [-0.25, -0.2) is 14.8 Å². The molecule has 6 heteroatoms. The highest BCUT2D eigenvalue weighted by Crippen LogP contribution is 2.21. The number of carbonyl (C=O) groups is 1. The second kappa shape index (κ2) is 5.65. The molecule has 3 rings (SSSR count). The normalized spacial score (nSPS) is 11.1. The Balaban J connectivity index is 2.04. The molecule has 1 aromatic carbocycles. The van der Waals surface area contributed by atoms with Crippen molar-refractivity contribution in [2.75, 3.05) is 0 Å². The van der Waals surface area contributed by atoms with Gasteiger partial charge in [0.05, 0.1) is 22.3 Å². The van der Waals surface area contributed by atoms with Gasteiger partial charge in [-0.05, 0) is 12.1 Å². The van der Waals surface area contributed by atoms with Gasteiger partial charge in [0.1, 0.15) is 11.3 Å². The van der Waals surface area contributed by atoms with Crippen molar-refractivity contribution < 1.29 is 9.90 Å². The maximum Gasteiger partial charge on any atom is 0.337 e. The number of fused-ring (bicyclic) bond motifs is 1. The molecule has 3 aromatic rings. The minimum atomic E-state index is -0.938. The quantitative estimate of drug-likeness (QED) is 0.786. The van der Waals surface area contributed by atoms with E-state index in [0.29, 0.717) is 5.52 Å². The summed E-state index contributed by atoms with van der Waals surface area (Å²) in [6.45, 7) is 2.79. The van der Waals surface area contributed by atoms with E-state index in [1.165, 1.54) is 0 Å². The van der Waals surface area contributed by atoms with Crippen molar-refractivity contribution in [2.24, 2.45) is 0 Å². The van der Waals surface area contributed by atoms with E-state index in [4.69, 9.17) is 0 Å². The Kier molecular flexibility index (Phi) is 3.70. The lowest BCUT2D eigenvalue weighted by atomic mass is 10.2. The summed E-state index contributed by atoms with van der Waals surface area (Å²) >= 11 is 1.58. The van der Waals surface area contributed by atoms with E-state index < -0.39 is 5.97 Å². The first kappa shape index (κ1) is 13.8. The van der Waals surface area contributed by atoms with E-state index in [1.807, 2.05) is 23.9 Å². The lowest BCUT2D eigenvalue weighted by molar-refractivity contribution is 0.0699. The summed E-state index contributed by atoms with van der Waals surface area (Å²) < 4.78 is 2.10. The van der Waals surface area contributed by atoms with Crippen molar-refractivity contribution in [3.63, 3.8) is 0 Å². The number of carboxylic acids is 1. The molecule has 5 nitrogen and oxygen atoms in total. The van der Waals surface area contributed by atoms with Crippen molar-refractivity contribution in [2.45, 2.75) is 26.3 Å². The summed E-state index contributed by atoms with van der Waals surface area (Å²) in [5.74, 6) is -0.0265. The average molecular weight is 301 g/mol. The van der Waals surface area contributed by atoms with E-state index in [1.54, 1.807) is 23.5 Å². The molecule has 0 spiro atoms. The van der Waals surface area contributed by atoms with Gasteiger partial charge in [0, 0.05) is 24.8 Å². The minimum Gasteiger partial charge on any atom is -0.478 e. The number of aromatic nitrogens is 3. The van der Waals surface area contributed by atoms with Crippen molar-refractivity contribution >= 4 is 28.3 Å². The molecule has 21 heavy (non-hydrogen) atoms. The number of thiazole rings is 1. The number of nitrogens with zero attached hydrogens (tertiary/aromatic N) is 3. The second-order valence-electron chi connectivity index (χ2n) is 4.74. The smallest absolute Gasteiger partial charge is 0.337 e. The Labute approximate surface area is 125 Å². The fourth-order valence-corrected chi connectivity index (χ4v) is 3.07. The van der Waals surface area contributed by atoms with Crippen LogP contribution in [-0.4, -0.2) is 25.6 Å². The SMILES string of the molecule is CCc1nc2c(C(=O)O)cccc2n1CCc1cscn1. The van der Waals surface area contributed by atoms with Gasteiger partial charge in [0.2, 0.25) is 0 Å². The van der Waals surface area contributed by atoms with E-state index in [-0.39, 0.29) is 5.56 Å². The maximum absolute atomic E-state index is 11.3. The predicted octanol–water partition coefficient (Wildman–Crippen LogP) is 3.00. The van der Waals surface area contributed by atoms with Crippen molar-refractivity contribution in [3.05, 3.63) is 46.2 Å². The van der Waals surface area contributed by atoms with Crippen molar-refractivity contribution in [1.29, 1.82) is 0 Å². The average Bonchev–Trinajstić information content (AvgIpc) is 3.11. The third kappa shape index (κ3) is 2.54. The molecule has 0 bridgehead atoms. The standard InChI is InChI=1S/C15H15N3O2S/c1-2-13-17-14-11(15(19)20)4-3-5-12(14)18(13)7-6-10-8-21-9-16-10/h3-5,8-9H,2,6-7H2,1H3,(H,19,20).